The third-order valence-corrected chi connectivity index (χ3v) is 4.83. The van der Waals surface area contributed by atoms with Gasteiger partial charge in [0.1, 0.15) is 5.00 Å². The number of amides is 2. The predicted octanol–water partition coefficient (Wildman–Crippen LogP) is 2.51. The monoisotopic (exact) mass is 312 g/mol. The molecule has 0 spiro atoms. The zero-order valence-corrected chi connectivity index (χ0v) is 12.5. The summed E-state index contributed by atoms with van der Waals surface area (Å²) in [6.45, 7) is 0.468. The van der Waals surface area contributed by atoms with E-state index in [0.29, 0.717) is 11.5 Å². The quantitative estimate of drug-likeness (QED) is 0.671. The maximum atomic E-state index is 11.9. The second-order valence-electron chi connectivity index (χ2n) is 5.50. The van der Waals surface area contributed by atoms with Crippen molar-refractivity contribution in [2.45, 2.75) is 32.1 Å². The number of hydrogen-bond donors (Lipinski definition) is 4. The molecule has 1 fully saturated rings. The van der Waals surface area contributed by atoms with Gasteiger partial charge in [-0.2, -0.15) is 0 Å². The van der Waals surface area contributed by atoms with Gasteiger partial charge in [-0.1, -0.05) is 19.3 Å². The van der Waals surface area contributed by atoms with Crippen LogP contribution in [0.25, 0.3) is 0 Å². The number of carboxylic acid groups (broad SMARTS) is 1. The van der Waals surface area contributed by atoms with E-state index in [2.05, 4.69) is 10.6 Å². The molecular weight excluding hydrogens is 292 g/mol. The van der Waals surface area contributed by atoms with Crippen LogP contribution < -0.4 is 10.6 Å². The van der Waals surface area contributed by atoms with Gasteiger partial charge in [-0.15, -0.1) is 11.3 Å². The van der Waals surface area contributed by atoms with Crippen LogP contribution in [0.4, 0.5) is 9.80 Å². The highest BCUT2D eigenvalue weighted by molar-refractivity contribution is 7.14. The smallest absolute Gasteiger partial charge is 0.338 e. The minimum absolute atomic E-state index is 0.0622. The zero-order chi connectivity index (χ0) is 15.3. The molecule has 0 unspecified atom stereocenters. The predicted molar refractivity (Wildman–Crippen MR) is 80.9 cm³/mol. The van der Waals surface area contributed by atoms with Crippen LogP contribution in [-0.2, 0) is 0 Å². The van der Waals surface area contributed by atoms with Crippen LogP contribution in [0.1, 0.15) is 42.5 Å². The zero-order valence-electron chi connectivity index (χ0n) is 11.7. The fraction of sp³-hybridized carbons (Fsp3) is 0.571. The molecule has 1 aliphatic rings. The number of urea groups is 1. The summed E-state index contributed by atoms with van der Waals surface area (Å²) in [6, 6.07) is 1.03. The Hall–Kier alpha value is -1.60. The molecule has 0 radical (unpaired) electrons. The second-order valence-corrected chi connectivity index (χ2v) is 6.41. The summed E-state index contributed by atoms with van der Waals surface area (Å²) in [5, 5.41) is 25.8. The number of rotatable bonds is 5. The van der Waals surface area contributed by atoms with Crippen LogP contribution in [0.2, 0.25) is 0 Å². The summed E-state index contributed by atoms with van der Waals surface area (Å²) in [5.74, 6) is -1.06. The Morgan fingerprint density at radius 1 is 1.29 bits per heavy atom. The normalized spacial score (nSPS) is 17.2. The Morgan fingerprint density at radius 2 is 2.00 bits per heavy atom. The van der Waals surface area contributed by atoms with Crippen molar-refractivity contribution >= 4 is 28.3 Å². The summed E-state index contributed by atoms with van der Waals surface area (Å²) in [7, 11) is 0. The lowest BCUT2D eigenvalue weighted by Gasteiger charge is -2.35. The molecule has 0 aliphatic heterocycles. The third kappa shape index (κ3) is 3.95. The van der Waals surface area contributed by atoms with Crippen LogP contribution in [0, 0.1) is 5.41 Å². The molecule has 21 heavy (non-hydrogen) atoms. The average molecular weight is 312 g/mol. The maximum absolute atomic E-state index is 11.9. The molecule has 2 rings (SSSR count). The minimum atomic E-state index is -1.06. The van der Waals surface area contributed by atoms with E-state index in [0.717, 1.165) is 25.7 Å². The van der Waals surface area contributed by atoms with E-state index in [-0.39, 0.29) is 17.6 Å². The Kier molecular flexibility index (Phi) is 5.19. The lowest BCUT2D eigenvalue weighted by Crippen LogP contribution is -2.42. The summed E-state index contributed by atoms with van der Waals surface area (Å²) in [5.41, 5.74) is -0.148. The van der Waals surface area contributed by atoms with Crippen molar-refractivity contribution in [3.63, 3.8) is 0 Å². The van der Waals surface area contributed by atoms with Crippen molar-refractivity contribution in [2.24, 2.45) is 5.41 Å². The Labute approximate surface area is 127 Å². The van der Waals surface area contributed by atoms with Crippen LogP contribution in [0.5, 0.6) is 0 Å². The van der Waals surface area contributed by atoms with Crippen molar-refractivity contribution in [2.75, 3.05) is 18.5 Å². The van der Waals surface area contributed by atoms with E-state index in [1.165, 1.54) is 23.8 Å². The van der Waals surface area contributed by atoms with Crippen LogP contribution >= 0.6 is 11.3 Å². The first-order chi connectivity index (χ1) is 10.1. The fourth-order valence-electron chi connectivity index (χ4n) is 2.68. The van der Waals surface area contributed by atoms with Crippen molar-refractivity contribution in [3.8, 4) is 0 Å². The number of aromatic carboxylic acids is 1. The largest absolute Gasteiger partial charge is 0.478 e. The van der Waals surface area contributed by atoms with Crippen molar-refractivity contribution in [1.82, 2.24) is 5.32 Å². The van der Waals surface area contributed by atoms with Gasteiger partial charge in [-0.3, -0.25) is 5.32 Å². The number of thiophene rings is 1. The molecule has 116 valence electrons. The molecule has 0 bridgehead atoms. The Morgan fingerprint density at radius 3 is 2.62 bits per heavy atom. The maximum Gasteiger partial charge on any atom is 0.338 e. The van der Waals surface area contributed by atoms with Gasteiger partial charge >= 0.3 is 12.0 Å². The van der Waals surface area contributed by atoms with E-state index < -0.39 is 12.0 Å². The van der Waals surface area contributed by atoms with Crippen molar-refractivity contribution in [1.29, 1.82) is 0 Å². The number of carboxylic acids is 1. The molecule has 1 heterocycles. The van der Waals surface area contributed by atoms with E-state index in [1.807, 2.05) is 0 Å². The number of aliphatic hydroxyl groups excluding tert-OH is 1. The van der Waals surface area contributed by atoms with Gasteiger partial charge in [0.15, 0.2) is 0 Å². The van der Waals surface area contributed by atoms with Gasteiger partial charge in [0.2, 0.25) is 0 Å². The van der Waals surface area contributed by atoms with Gasteiger partial charge in [0, 0.05) is 12.0 Å². The first-order valence-electron chi connectivity index (χ1n) is 7.03. The molecule has 0 saturated heterocycles. The van der Waals surface area contributed by atoms with E-state index >= 15 is 0 Å². The highest BCUT2D eigenvalue weighted by atomic mass is 32.1. The molecule has 1 aliphatic carbocycles. The Balaban J connectivity index is 1.89. The topological polar surface area (TPSA) is 98.7 Å². The highest BCUT2D eigenvalue weighted by Crippen LogP contribution is 2.35. The molecule has 4 N–H and O–H groups in total. The first kappa shape index (κ1) is 15.8. The fourth-order valence-corrected chi connectivity index (χ4v) is 3.46. The Bertz CT molecular complexity index is 509. The van der Waals surface area contributed by atoms with E-state index in [1.54, 1.807) is 5.38 Å². The van der Waals surface area contributed by atoms with Gasteiger partial charge in [0.05, 0.1) is 12.2 Å². The molecular formula is C14H20N2O4S. The van der Waals surface area contributed by atoms with Gasteiger partial charge in [0.25, 0.3) is 0 Å². The standard InChI is InChI=1S/C14H20N2O4S/c17-9-14(5-2-1-3-6-14)8-15-13(20)16-11-10(12(18)19)4-7-21-11/h4,7,17H,1-3,5-6,8-9H2,(H,18,19)(H2,15,16,20). The van der Waals surface area contributed by atoms with Gasteiger partial charge < -0.3 is 15.5 Å². The van der Waals surface area contributed by atoms with E-state index in [4.69, 9.17) is 5.11 Å². The first-order valence-corrected chi connectivity index (χ1v) is 7.91. The van der Waals surface area contributed by atoms with E-state index in [9.17, 15) is 14.7 Å². The molecule has 1 aromatic rings. The van der Waals surface area contributed by atoms with Crippen LogP contribution in [0.3, 0.4) is 0 Å². The van der Waals surface area contributed by atoms with Gasteiger partial charge in [-0.25, -0.2) is 9.59 Å². The number of nitrogens with one attached hydrogen (secondary N) is 2. The minimum Gasteiger partial charge on any atom is -0.478 e. The number of anilines is 1. The summed E-state index contributed by atoms with van der Waals surface area (Å²) in [6.07, 6.45) is 5.12. The average Bonchev–Trinajstić information content (AvgIpc) is 2.94. The number of aliphatic hydroxyl groups is 1. The molecule has 1 aromatic heterocycles. The lowest BCUT2D eigenvalue weighted by atomic mass is 9.74. The number of carbonyl (C=O) groups is 2. The molecule has 7 heteroatoms. The summed E-state index contributed by atoms with van der Waals surface area (Å²) >= 11 is 1.17. The summed E-state index contributed by atoms with van der Waals surface area (Å²) in [4.78, 5) is 22.9. The molecule has 1 saturated carbocycles. The second kappa shape index (κ2) is 6.91. The summed E-state index contributed by atoms with van der Waals surface area (Å²) < 4.78 is 0. The molecule has 6 nitrogen and oxygen atoms in total. The molecule has 0 atom stereocenters. The van der Waals surface area contributed by atoms with Gasteiger partial charge in [-0.05, 0) is 24.3 Å². The van der Waals surface area contributed by atoms with Crippen LogP contribution in [-0.4, -0.2) is 35.4 Å². The highest BCUT2D eigenvalue weighted by Gasteiger charge is 2.31. The third-order valence-electron chi connectivity index (χ3n) is 4.00. The van der Waals surface area contributed by atoms with Crippen molar-refractivity contribution in [3.05, 3.63) is 17.0 Å². The lowest BCUT2D eigenvalue weighted by molar-refractivity contribution is 0.0698. The van der Waals surface area contributed by atoms with Crippen LogP contribution in [0.15, 0.2) is 11.4 Å². The molecule has 0 aromatic carbocycles. The SMILES string of the molecule is O=C(NCC1(CO)CCCCC1)Nc1sccc1C(=O)O. The molecule has 2 amide bonds. The number of hydrogen-bond acceptors (Lipinski definition) is 4. The number of carbonyl (C=O) groups excluding carboxylic acids is 1. The van der Waals surface area contributed by atoms with Crippen molar-refractivity contribution < 1.29 is 19.8 Å².